The Morgan fingerprint density at radius 2 is 1.58 bits per heavy atom. The number of carbonyl (C=O) groups is 3. The lowest BCUT2D eigenvalue weighted by Gasteiger charge is -2.27. The van der Waals surface area contributed by atoms with Crippen LogP contribution in [0.25, 0.3) is 0 Å². The molecule has 1 N–H and O–H groups in total. The minimum Gasteiger partial charge on any atom is -0.347 e. The van der Waals surface area contributed by atoms with Crippen LogP contribution in [0, 0.1) is 0 Å². The van der Waals surface area contributed by atoms with Gasteiger partial charge in [0.2, 0.25) is 5.91 Å². The molecule has 0 radical (unpaired) electrons. The highest BCUT2D eigenvalue weighted by atomic mass is 16.2. The third-order valence-corrected chi connectivity index (χ3v) is 4.55. The van der Waals surface area contributed by atoms with E-state index in [-0.39, 0.29) is 12.5 Å². The van der Waals surface area contributed by atoms with Crippen LogP contribution in [0.5, 0.6) is 0 Å². The number of amides is 4. The summed E-state index contributed by atoms with van der Waals surface area (Å²) in [6.45, 7) is -0.277. The number of benzene rings is 2. The number of hydrogen-bond acceptors (Lipinski definition) is 3. The molecule has 0 aromatic heterocycles. The van der Waals surface area contributed by atoms with Gasteiger partial charge in [0, 0.05) is 20.5 Å². The maximum atomic E-state index is 13.3. The van der Waals surface area contributed by atoms with Crippen LogP contribution in [0.3, 0.4) is 0 Å². The molecule has 0 aliphatic carbocycles. The van der Waals surface area contributed by atoms with Gasteiger partial charge in [-0.25, -0.2) is 4.79 Å². The van der Waals surface area contributed by atoms with Gasteiger partial charge in [-0.1, -0.05) is 60.7 Å². The minimum atomic E-state index is -1.22. The highest BCUT2D eigenvalue weighted by molar-refractivity contribution is 6.09. The van der Waals surface area contributed by atoms with Crippen molar-refractivity contribution in [1.29, 1.82) is 0 Å². The Hall–Kier alpha value is -3.15. The zero-order chi connectivity index (χ0) is 18.7. The van der Waals surface area contributed by atoms with Crippen molar-refractivity contribution in [3.63, 3.8) is 0 Å². The number of carbonyl (C=O) groups excluding carboxylic acids is 3. The zero-order valence-corrected chi connectivity index (χ0v) is 14.8. The first-order valence-electron chi connectivity index (χ1n) is 8.38. The van der Waals surface area contributed by atoms with E-state index < -0.39 is 17.5 Å². The summed E-state index contributed by atoms with van der Waals surface area (Å²) in [6.07, 6.45) is 0.315. The van der Waals surface area contributed by atoms with Crippen molar-refractivity contribution in [1.82, 2.24) is 15.1 Å². The van der Waals surface area contributed by atoms with E-state index in [0.717, 1.165) is 10.5 Å². The minimum absolute atomic E-state index is 0.277. The maximum Gasteiger partial charge on any atom is 0.325 e. The van der Waals surface area contributed by atoms with Crippen LogP contribution in [-0.2, 0) is 21.5 Å². The largest absolute Gasteiger partial charge is 0.347 e. The van der Waals surface area contributed by atoms with Crippen LogP contribution < -0.4 is 5.32 Å². The summed E-state index contributed by atoms with van der Waals surface area (Å²) in [4.78, 5) is 40.2. The van der Waals surface area contributed by atoms with E-state index in [1.54, 1.807) is 14.1 Å². The van der Waals surface area contributed by atoms with E-state index >= 15 is 0 Å². The Morgan fingerprint density at radius 3 is 2.15 bits per heavy atom. The van der Waals surface area contributed by atoms with Gasteiger partial charge in [0.15, 0.2) is 5.54 Å². The number of nitrogens with one attached hydrogen (secondary N) is 1. The molecule has 0 spiro atoms. The first kappa shape index (κ1) is 17.7. The molecule has 2 aromatic rings. The molecule has 0 bridgehead atoms. The zero-order valence-electron chi connectivity index (χ0n) is 14.8. The fourth-order valence-corrected chi connectivity index (χ4v) is 3.09. The predicted molar refractivity (Wildman–Crippen MR) is 97.2 cm³/mol. The van der Waals surface area contributed by atoms with Crippen molar-refractivity contribution in [3.8, 4) is 0 Å². The van der Waals surface area contributed by atoms with Crippen molar-refractivity contribution in [2.45, 2.75) is 12.0 Å². The van der Waals surface area contributed by atoms with Gasteiger partial charge in [0.1, 0.15) is 6.54 Å². The summed E-state index contributed by atoms with van der Waals surface area (Å²) in [7, 11) is 3.18. The molecule has 1 fully saturated rings. The second kappa shape index (κ2) is 7.00. The van der Waals surface area contributed by atoms with E-state index in [4.69, 9.17) is 0 Å². The predicted octanol–water partition coefficient (Wildman–Crippen LogP) is 1.76. The third kappa shape index (κ3) is 3.18. The molecule has 1 atom stereocenters. The van der Waals surface area contributed by atoms with Gasteiger partial charge in [0.25, 0.3) is 5.91 Å². The molecule has 4 amide bonds. The van der Waals surface area contributed by atoms with Gasteiger partial charge in [-0.3, -0.25) is 14.5 Å². The molecular formula is C20H21N3O3. The summed E-state index contributed by atoms with van der Waals surface area (Å²) in [5.41, 5.74) is 0.402. The first-order chi connectivity index (χ1) is 12.4. The molecule has 2 aromatic carbocycles. The number of urea groups is 1. The summed E-state index contributed by atoms with van der Waals surface area (Å²) in [5.74, 6) is -0.718. The topological polar surface area (TPSA) is 69.7 Å². The molecule has 1 aliphatic rings. The van der Waals surface area contributed by atoms with Crippen LogP contribution in [-0.4, -0.2) is 48.3 Å². The first-order valence-corrected chi connectivity index (χ1v) is 8.38. The standard InChI is InChI=1S/C20H21N3O3/c1-22(2)17(24)14-23-18(25)20(21-19(23)26,16-11-7-4-8-12-16)13-15-9-5-3-6-10-15/h3-12H,13-14H2,1-2H3,(H,21,26). The molecule has 1 heterocycles. The Kier molecular flexibility index (Phi) is 4.75. The Labute approximate surface area is 152 Å². The van der Waals surface area contributed by atoms with E-state index in [1.807, 2.05) is 60.7 Å². The average Bonchev–Trinajstić information content (AvgIpc) is 2.88. The SMILES string of the molecule is CN(C)C(=O)CN1C(=O)NC(Cc2ccccc2)(c2ccccc2)C1=O. The van der Waals surface area contributed by atoms with Crippen LogP contribution in [0.1, 0.15) is 11.1 Å². The lowest BCUT2D eigenvalue weighted by atomic mass is 9.83. The fourth-order valence-electron chi connectivity index (χ4n) is 3.09. The Morgan fingerprint density at radius 1 is 1.00 bits per heavy atom. The smallest absolute Gasteiger partial charge is 0.325 e. The van der Waals surface area contributed by atoms with Crippen LogP contribution in [0.2, 0.25) is 0 Å². The fraction of sp³-hybridized carbons (Fsp3) is 0.250. The van der Waals surface area contributed by atoms with Crippen molar-refractivity contribution >= 4 is 17.8 Å². The van der Waals surface area contributed by atoms with Crippen molar-refractivity contribution in [3.05, 3.63) is 71.8 Å². The van der Waals surface area contributed by atoms with Gasteiger partial charge < -0.3 is 10.2 Å². The average molecular weight is 351 g/mol. The molecule has 1 unspecified atom stereocenters. The summed E-state index contributed by atoms with van der Waals surface area (Å²) in [5, 5.41) is 2.84. The molecule has 0 saturated carbocycles. The second-order valence-electron chi connectivity index (χ2n) is 6.54. The summed E-state index contributed by atoms with van der Waals surface area (Å²) < 4.78 is 0. The third-order valence-electron chi connectivity index (χ3n) is 4.55. The van der Waals surface area contributed by atoms with Crippen LogP contribution in [0.4, 0.5) is 4.79 Å². The van der Waals surface area contributed by atoms with Gasteiger partial charge in [-0.05, 0) is 11.1 Å². The van der Waals surface area contributed by atoms with E-state index in [2.05, 4.69) is 5.32 Å². The maximum absolute atomic E-state index is 13.3. The Balaban J connectivity index is 2.00. The highest BCUT2D eigenvalue weighted by Gasteiger charge is 2.52. The monoisotopic (exact) mass is 351 g/mol. The van der Waals surface area contributed by atoms with E-state index in [0.29, 0.717) is 12.0 Å². The normalized spacial score (nSPS) is 19.4. The number of nitrogens with zero attached hydrogens (tertiary/aromatic N) is 2. The quantitative estimate of drug-likeness (QED) is 0.835. The lowest BCUT2D eigenvalue weighted by Crippen LogP contribution is -2.46. The highest BCUT2D eigenvalue weighted by Crippen LogP contribution is 2.32. The molecule has 26 heavy (non-hydrogen) atoms. The van der Waals surface area contributed by atoms with Crippen molar-refractivity contribution in [2.75, 3.05) is 20.6 Å². The molecule has 134 valence electrons. The number of hydrogen-bond donors (Lipinski definition) is 1. The number of rotatable bonds is 5. The van der Waals surface area contributed by atoms with Gasteiger partial charge in [-0.2, -0.15) is 0 Å². The summed E-state index contributed by atoms with van der Waals surface area (Å²) >= 11 is 0. The van der Waals surface area contributed by atoms with Crippen molar-refractivity contribution in [2.24, 2.45) is 0 Å². The Bertz CT molecular complexity index is 821. The van der Waals surface area contributed by atoms with Crippen molar-refractivity contribution < 1.29 is 14.4 Å². The second-order valence-corrected chi connectivity index (χ2v) is 6.54. The van der Waals surface area contributed by atoms with E-state index in [9.17, 15) is 14.4 Å². The molecule has 1 saturated heterocycles. The number of imide groups is 1. The van der Waals surface area contributed by atoms with E-state index in [1.165, 1.54) is 4.90 Å². The van der Waals surface area contributed by atoms with Gasteiger partial charge >= 0.3 is 6.03 Å². The summed E-state index contributed by atoms with van der Waals surface area (Å²) in [6, 6.07) is 18.1. The van der Waals surface area contributed by atoms with Crippen LogP contribution >= 0.6 is 0 Å². The lowest BCUT2D eigenvalue weighted by molar-refractivity contribution is -0.138. The van der Waals surface area contributed by atoms with Gasteiger partial charge in [-0.15, -0.1) is 0 Å². The molecular weight excluding hydrogens is 330 g/mol. The molecule has 6 nitrogen and oxygen atoms in total. The number of likely N-dealkylation sites (N-methyl/N-ethyl adjacent to an activating group) is 1. The van der Waals surface area contributed by atoms with Crippen LogP contribution in [0.15, 0.2) is 60.7 Å². The van der Waals surface area contributed by atoms with Gasteiger partial charge in [0.05, 0.1) is 0 Å². The molecule has 3 rings (SSSR count). The molecule has 6 heteroatoms. The molecule has 1 aliphatic heterocycles.